The predicted octanol–water partition coefficient (Wildman–Crippen LogP) is 6.68. The van der Waals surface area contributed by atoms with Crippen LogP contribution in [0.2, 0.25) is 0 Å². The minimum absolute atomic E-state index is 1.24. The third kappa shape index (κ3) is 9.61. The Morgan fingerprint density at radius 3 is 1.75 bits per heavy atom. The van der Waals surface area contributed by atoms with Gasteiger partial charge in [0.25, 0.3) is 0 Å². The fourth-order valence-corrected chi connectivity index (χ4v) is 2.40. The summed E-state index contributed by atoms with van der Waals surface area (Å²) in [5.74, 6) is 0. The van der Waals surface area contributed by atoms with Crippen LogP contribution in [0.15, 0.2) is 60.8 Å². The Labute approximate surface area is 125 Å². The molecule has 0 unspecified atom stereocenters. The normalized spacial score (nSPS) is 24.7. The molecule has 110 valence electrons. The zero-order valence-electron chi connectivity index (χ0n) is 12.9. The van der Waals surface area contributed by atoms with E-state index >= 15 is 0 Å². The molecule has 20 heavy (non-hydrogen) atoms. The van der Waals surface area contributed by atoms with E-state index in [9.17, 15) is 0 Å². The molecule has 0 aromatic heterocycles. The van der Waals surface area contributed by atoms with Gasteiger partial charge in [-0.15, -0.1) is 0 Å². The second-order valence-corrected chi connectivity index (χ2v) is 5.46. The zero-order valence-corrected chi connectivity index (χ0v) is 12.9. The molecule has 0 spiro atoms. The molecule has 0 amide bonds. The molecule has 2 aliphatic carbocycles. The van der Waals surface area contributed by atoms with Crippen LogP contribution in [-0.4, -0.2) is 0 Å². The van der Waals surface area contributed by atoms with Gasteiger partial charge in [0.05, 0.1) is 0 Å². The summed E-state index contributed by atoms with van der Waals surface area (Å²) >= 11 is 0. The van der Waals surface area contributed by atoms with Crippen molar-refractivity contribution in [3.63, 3.8) is 0 Å². The number of hydrogen-bond acceptors (Lipinski definition) is 0. The van der Waals surface area contributed by atoms with E-state index in [2.05, 4.69) is 49.1 Å². The maximum atomic E-state index is 3.72. The first-order chi connectivity index (χ1) is 9.93. The molecule has 0 saturated heterocycles. The average Bonchev–Trinajstić information content (AvgIpc) is 2.49. The van der Waals surface area contributed by atoms with Crippen LogP contribution in [0, 0.1) is 0 Å². The Morgan fingerprint density at radius 1 is 0.700 bits per heavy atom. The van der Waals surface area contributed by atoms with E-state index in [1.165, 1.54) is 69.8 Å². The van der Waals surface area contributed by atoms with E-state index < -0.39 is 0 Å². The van der Waals surface area contributed by atoms with Crippen LogP contribution in [0.1, 0.15) is 64.2 Å². The topological polar surface area (TPSA) is 0 Å². The molecule has 0 fully saturated rings. The molecule has 0 bridgehead atoms. The van der Waals surface area contributed by atoms with E-state index in [1.807, 2.05) is 6.08 Å². The molecule has 0 nitrogen and oxygen atoms in total. The Bertz CT molecular complexity index is 332. The van der Waals surface area contributed by atoms with Gasteiger partial charge in [-0.3, -0.25) is 0 Å². The van der Waals surface area contributed by atoms with Crippen molar-refractivity contribution in [1.29, 1.82) is 0 Å². The molecular weight excluding hydrogens is 240 g/mol. The Hall–Kier alpha value is -1.30. The van der Waals surface area contributed by atoms with E-state index in [1.54, 1.807) is 0 Å². The predicted molar refractivity (Wildman–Crippen MR) is 91.9 cm³/mol. The summed E-state index contributed by atoms with van der Waals surface area (Å²) < 4.78 is 0. The van der Waals surface area contributed by atoms with Crippen LogP contribution in [-0.2, 0) is 0 Å². The zero-order chi connectivity index (χ0) is 14.3. The molecule has 0 radical (unpaired) electrons. The average molecular weight is 270 g/mol. The summed E-state index contributed by atoms with van der Waals surface area (Å²) in [7, 11) is 0. The number of allylic oxidation sites excluding steroid dienone is 9. The highest BCUT2D eigenvalue weighted by Crippen LogP contribution is 2.17. The van der Waals surface area contributed by atoms with Gasteiger partial charge in [-0.1, -0.05) is 73.6 Å². The molecule has 0 aromatic rings. The molecule has 0 N–H and O–H groups in total. The second-order valence-electron chi connectivity index (χ2n) is 5.46. The lowest BCUT2D eigenvalue weighted by Crippen LogP contribution is -1.86. The summed E-state index contributed by atoms with van der Waals surface area (Å²) in [5.41, 5.74) is 1.44. The van der Waals surface area contributed by atoms with Gasteiger partial charge in [-0.05, 0) is 51.4 Å². The van der Waals surface area contributed by atoms with Crippen molar-refractivity contribution in [2.45, 2.75) is 64.2 Å². The SMILES string of the molecule is C1=C\CCCCCC/C=C/C=C/1.C=CC1=CCCCC1. The minimum atomic E-state index is 1.24. The van der Waals surface area contributed by atoms with Gasteiger partial charge in [0.1, 0.15) is 0 Å². The van der Waals surface area contributed by atoms with Gasteiger partial charge in [0, 0.05) is 0 Å². The Balaban J connectivity index is 0.000000217. The summed E-state index contributed by atoms with van der Waals surface area (Å²) in [4.78, 5) is 0. The first kappa shape index (κ1) is 16.8. The monoisotopic (exact) mass is 270 g/mol. The van der Waals surface area contributed by atoms with Crippen LogP contribution in [0.3, 0.4) is 0 Å². The van der Waals surface area contributed by atoms with Crippen molar-refractivity contribution >= 4 is 0 Å². The van der Waals surface area contributed by atoms with Crippen LogP contribution in [0.25, 0.3) is 0 Å². The standard InChI is InChI=1S/C12H18.C8H12/c1-2-4-6-8-10-12-11-9-7-5-3-1;1-2-8-6-4-3-5-7-8/h1-6H,7-12H2;2,6H,1,3-5,7H2/b2-1+,5-3-,6-4+;. The number of hydrogen-bond donors (Lipinski definition) is 0. The fourth-order valence-electron chi connectivity index (χ4n) is 2.40. The first-order valence-electron chi connectivity index (χ1n) is 8.23. The van der Waals surface area contributed by atoms with Gasteiger partial charge < -0.3 is 0 Å². The van der Waals surface area contributed by atoms with Crippen molar-refractivity contribution in [2.75, 3.05) is 0 Å². The van der Waals surface area contributed by atoms with E-state index in [0.717, 1.165) is 0 Å². The van der Waals surface area contributed by atoms with Crippen molar-refractivity contribution in [3.05, 3.63) is 60.8 Å². The summed E-state index contributed by atoms with van der Waals surface area (Å²) in [5, 5.41) is 0. The van der Waals surface area contributed by atoms with Gasteiger partial charge in [-0.2, -0.15) is 0 Å². The van der Waals surface area contributed by atoms with Gasteiger partial charge in [-0.25, -0.2) is 0 Å². The van der Waals surface area contributed by atoms with Gasteiger partial charge >= 0.3 is 0 Å². The lowest BCUT2D eigenvalue weighted by atomic mass is 10.0. The smallest absolute Gasteiger partial charge is 0.0282 e. The molecule has 0 aliphatic heterocycles. The van der Waals surface area contributed by atoms with Crippen LogP contribution >= 0.6 is 0 Å². The Morgan fingerprint density at radius 2 is 1.30 bits per heavy atom. The lowest BCUT2D eigenvalue weighted by Gasteiger charge is -2.06. The summed E-state index contributed by atoms with van der Waals surface area (Å²) in [6, 6.07) is 0. The van der Waals surface area contributed by atoms with Crippen molar-refractivity contribution < 1.29 is 0 Å². The second kappa shape index (κ2) is 12.7. The first-order valence-corrected chi connectivity index (χ1v) is 8.23. The molecule has 2 rings (SSSR count). The summed E-state index contributed by atoms with van der Waals surface area (Å²) in [6.45, 7) is 3.72. The van der Waals surface area contributed by atoms with Crippen LogP contribution in [0.4, 0.5) is 0 Å². The molecular formula is C20H30. The highest BCUT2D eigenvalue weighted by molar-refractivity contribution is 5.17. The maximum Gasteiger partial charge on any atom is -0.0282 e. The van der Waals surface area contributed by atoms with E-state index in [-0.39, 0.29) is 0 Å². The molecule has 0 aromatic carbocycles. The summed E-state index contributed by atoms with van der Waals surface area (Å²) in [6.07, 6.45) is 30.5. The molecule has 0 atom stereocenters. The third-order valence-electron chi connectivity index (χ3n) is 3.69. The van der Waals surface area contributed by atoms with E-state index in [4.69, 9.17) is 0 Å². The van der Waals surface area contributed by atoms with Gasteiger partial charge in [0.2, 0.25) is 0 Å². The van der Waals surface area contributed by atoms with Crippen LogP contribution < -0.4 is 0 Å². The fraction of sp³-hybridized carbons (Fsp3) is 0.500. The lowest BCUT2D eigenvalue weighted by molar-refractivity contribution is 0.652. The Kier molecular flexibility index (Phi) is 10.7. The third-order valence-corrected chi connectivity index (χ3v) is 3.69. The molecule has 2 aliphatic rings. The maximum absolute atomic E-state index is 3.72. The largest absolute Gasteiger partial charge is 0.0988 e. The van der Waals surface area contributed by atoms with Crippen molar-refractivity contribution in [2.24, 2.45) is 0 Å². The number of rotatable bonds is 1. The highest BCUT2D eigenvalue weighted by atomic mass is 14.0. The highest BCUT2D eigenvalue weighted by Gasteiger charge is 1.97. The quantitative estimate of drug-likeness (QED) is 0.498. The van der Waals surface area contributed by atoms with Crippen molar-refractivity contribution in [1.82, 2.24) is 0 Å². The molecule has 0 saturated carbocycles. The van der Waals surface area contributed by atoms with Gasteiger partial charge in [0.15, 0.2) is 0 Å². The molecule has 0 heterocycles. The molecule has 0 heteroatoms. The van der Waals surface area contributed by atoms with Crippen molar-refractivity contribution in [3.8, 4) is 0 Å². The minimum Gasteiger partial charge on any atom is -0.0988 e. The van der Waals surface area contributed by atoms with Crippen LogP contribution in [0.5, 0.6) is 0 Å². The van der Waals surface area contributed by atoms with E-state index in [0.29, 0.717) is 0 Å².